The molecule has 2 aromatic rings. The van der Waals surface area contributed by atoms with Gasteiger partial charge in [0.1, 0.15) is 11.7 Å². The molecule has 1 saturated carbocycles. The molecule has 5 heteroatoms. The van der Waals surface area contributed by atoms with E-state index in [9.17, 15) is 4.79 Å². The number of H-pyrrole nitrogens is 1. The normalized spacial score (nSPS) is 15.7. The zero-order chi connectivity index (χ0) is 16.2. The highest BCUT2D eigenvalue weighted by Crippen LogP contribution is 2.25. The fourth-order valence-electron chi connectivity index (χ4n) is 3.09. The molecule has 23 heavy (non-hydrogen) atoms. The summed E-state index contributed by atoms with van der Waals surface area (Å²) in [6.07, 6.45) is 11.0. The van der Waals surface area contributed by atoms with Crippen LogP contribution in [0.3, 0.4) is 0 Å². The lowest BCUT2D eigenvalue weighted by atomic mass is 10.1. The van der Waals surface area contributed by atoms with Crippen molar-refractivity contribution in [1.29, 1.82) is 5.26 Å². The summed E-state index contributed by atoms with van der Waals surface area (Å²) < 4.78 is 0. The fraction of sp³-hybridized carbons (Fsp3) is 0.389. The van der Waals surface area contributed by atoms with Crippen LogP contribution in [0.25, 0.3) is 11.0 Å². The van der Waals surface area contributed by atoms with Gasteiger partial charge in [0.05, 0.1) is 17.5 Å². The standard InChI is InChI=1S/C18H20N4O/c1-12(23)13(9-19)6-7-14-10-20-18-17(14)8-16(11-21-18)22-15-4-2-3-5-15/h6,8,10-11,15,22H,2-5,7H2,1H3,(H,20,21). The number of anilines is 1. The van der Waals surface area contributed by atoms with Crippen LogP contribution in [0.2, 0.25) is 0 Å². The SMILES string of the molecule is CC(=O)C(C#N)=CCc1c[nH]c2ncc(NC3CCCC3)cc12. The Morgan fingerprint density at radius 2 is 2.30 bits per heavy atom. The van der Waals surface area contributed by atoms with Crippen LogP contribution in [-0.2, 0) is 11.2 Å². The minimum Gasteiger partial charge on any atom is -0.381 e. The van der Waals surface area contributed by atoms with Crippen molar-refractivity contribution in [2.75, 3.05) is 5.32 Å². The lowest BCUT2D eigenvalue weighted by molar-refractivity contribution is -0.113. The van der Waals surface area contributed by atoms with E-state index in [4.69, 9.17) is 5.26 Å². The number of nitriles is 1. The number of Topliss-reactive ketones (excluding diaryl/α,β-unsaturated/α-hetero) is 1. The zero-order valence-corrected chi connectivity index (χ0v) is 13.2. The van der Waals surface area contributed by atoms with E-state index in [2.05, 4.69) is 21.4 Å². The fourth-order valence-corrected chi connectivity index (χ4v) is 3.09. The summed E-state index contributed by atoms with van der Waals surface area (Å²) in [7, 11) is 0. The summed E-state index contributed by atoms with van der Waals surface area (Å²) in [5, 5.41) is 13.6. The van der Waals surface area contributed by atoms with E-state index in [1.807, 2.05) is 18.5 Å². The topological polar surface area (TPSA) is 81.6 Å². The van der Waals surface area contributed by atoms with Gasteiger partial charge in [-0.2, -0.15) is 5.26 Å². The minimum absolute atomic E-state index is 0.200. The molecule has 5 nitrogen and oxygen atoms in total. The number of allylic oxidation sites excluding steroid dienone is 2. The van der Waals surface area contributed by atoms with Gasteiger partial charge in [0, 0.05) is 17.6 Å². The van der Waals surface area contributed by atoms with Crippen LogP contribution in [0.15, 0.2) is 30.1 Å². The highest BCUT2D eigenvalue weighted by atomic mass is 16.1. The minimum atomic E-state index is -0.200. The zero-order valence-electron chi connectivity index (χ0n) is 13.2. The van der Waals surface area contributed by atoms with Crippen molar-refractivity contribution in [3.05, 3.63) is 35.7 Å². The number of nitrogens with zero attached hydrogens (tertiary/aromatic N) is 2. The van der Waals surface area contributed by atoms with Crippen molar-refractivity contribution >= 4 is 22.5 Å². The largest absolute Gasteiger partial charge is 0.381 e. The molecule has 2 aromatic heterocycles. The first-order valence-electron chi connectivity index (χ1n) is 8.01. The monoisotopic (exact) mass is 308 g/mol. The number of aromatic nitrogens is 2. The molecular formula is C18H20N4O. The third-order valence-corrected chi connectivity index (χ3v) is 4.37. The Morgan fingerprint density at radius 3 is 3.00 bits per heavy atom. The average Bonchev–Trinajstić information content (AvgIpc) is 3.17. The van der Waals surface area contributed by atoms with Gasteiger partial charge < -0.3 is 10.3 Å². The molecule has 0 radical (unpaired) electrons. The molecule has 0 bridgehead atoms. The molecule has 0 aliphatic heterocycles. The van der Waals surface area contributed by atoms with Crippen LogP contribution in [0.1, 0.15) is 38.2 Å². The summed E-state index contributed by atoms with van der Waals surface area (Å²) in [6.45, 7) is 1.41. The summed E-state index contributed by atoms with van der Waals surface area (Å²) in [5.41, 5.74) is 3.09. The first-order valence-corrected chi connectivity index (χ1v) is 8.01. The number of hydrogen-bond donors (Lipinski definition) is 2. The molecule has 0 atom stereocenters. The van der Waals surface area contributed by atoms with Gasteiger partial charge in [0.25, 0.3) is 0 Å². The van der Waals surface area contributed by atoms with E-state index in [0.717, 1.165) is 22.3 Å². The van der Waals surface area contributed by atoms with Gasteiger partial charge in [-0.3, -0.25) is 4.79 Å². The van der Waals surface area contributed by atoms with Crippen LogP contribution in [0.5, 0.6) is 0 Å². The van der Waals surface area contributed by atoms with Crippen LogP contribution >= 0.6 is 0 Å². The number of aromatic amines is 1. The van der Waals surface area contributed by atoms with Gasteiger partial charge in [0.15, 0.2) is 5.78 Å². The molecule has 0 spiro atoms. The molecule has 0 aromatic carbocycles. The van der Waals surface area contributed by atoms with E-state index < -0.39 is 0 Å². The van der Waals surface area contributed by atoms with Crippen LogP contribution in [0, 0.1) is 11.3 Å². The lowest BCUT2D eigenvalue weighted by Crippen LogP contribution is -2.14. The average molecular weight is 308 g/mol. The number of fused-ring (bicyclic) bond motifs is 1. The maximum Gasteiger partial charge on any atom is 0.169 e. The van der Waals surface area contributed by atoms with Crippen LogP contribution < -0.4 is 5.32 Å². The van der Waals surface area contributed by atoms with E-state index >= 15 is 0 Å². The molecule has 1 fully saturated rings. The second-order valence-corrected chi connectivity index (χ2v) is 6.05. The number of rotatable bonds is 5. The molecule has 0 unspecified atom stereocenters. The van der Waals surface area contributed by atoms with Gasteiger partial charge in [-0.15, -0.1) is 0 Å². The number of ketones is 1. The number of carbonyl (C=O) groups is 1. The maximum atomic E-state index is 11.3. The predicted octanol–water partition coefficient (Wildman–Crippen LogP) is 3.50. The summed E-state index contributed by atoms with van der Waals surface area (Å²) in [5.74, 6) is -0.200. The molecule has 1 aliphatic carbocycles. The highest BCUT2D eigenvalue weighted by Gasteiger charge is 2.15. The number of carbonyl (C=O) groups excluding carboxylic acids is 1. The van der Waals surface area contributed by atoms with Crippen molar-refractivity contribution < 1.29 is 4.79 Å². The molecule has 2 N–H and O–H groups in total. The Labute approximate surface area is 135 Å². The Bertz CT molecular complexity index is 791. The molecule has 0 amide bonds. The highest BCUT2D eigenvalue weighted by molar-refractivity contribution is 5.97. The smallest absolute Gasteiger partial charge is 0.169 e. The molecule has 3 rings (SSSR count). The third kappa shape index (κ3) is 3.42. The van der Waals surface area contributed by atoms with Gasteiger partial charge >= 0.3 is 0 Å². The van der Waals surface area contributed by atoms with E-state index in [-0.39, 0.29) is 11.4 Å². The third-order valence-electron chi connectivity index (χ3n) is 4.37. The number of pyridine rings is 1. The first kappa shape index (κ1) is 15.3. The molecule has 2 heterocycles. The molecular weight excluding hydrogens is 288 g/mol. The first-order chi connectivity index (χ1) is 11.2. The van der Waals surface area contributed by atoms with Crippen LogP contribution in [0.4, 0.5) is 5.69 Å². The number of nitrogens with one attached hydrogen (secondary N) is 2. The summed E-state index contributed by atoms with van der Waals surface area (Å²) in [4.78, 5) is 18.9. The van der Waals surface area contributed by atoms with Crippen molar-refractivity contribution in [3.8, 4) is 6.07 Å². The summed E-state index contributed by atoms with van der Waals surface area (Å²) >= 11 is 0. The molecule has 1 aliphatic rings. The van der Waals surface area contributed by atoms with E-state index in [1.165, 1.54) is 32.6 Å². The molecule has 118 valence electrons. The number of hydrogen-bond acceptors (Lipinski definition) is 4. The summed E-state index contributed by atoms with van der Waals surface area (Å²) in [6, 6.07) is 4.58. The Hall–Kier alpha value is -2.61. The van der Waals surface area contributed by atoms with Gasteiger partial charge in [-0.05, 0) is 37.8 Å². The van der Waals surface area contributed by atoms with Crippen molar-refractivity contribution in [2.24, 2.45) is 0 Å². The van der Waals surface area contributed by atoms with Crippen LogP contribution in [-0.4, -0.2) is 21.8 Å². The van der Waals surface area contributed by atoms with Gasteiger partial charge in [-0.25, -0.2) is 4.98 Å². The van der Waals surface area contributed by atoms with Gasteiger partial charge in [-0.1, -0.05) is 18.9 Å². The van der Waals surface area contributed by atoms with Crippen molar-refractivity contribution in [3.63, 3.8) is 0 Å². The second kappa shape index (κ2) is 6.66. The molecule has 0 saturated heterocycles. The van der Waals surface area contributed by atoms with Gasteiger partial charge in [0.2, 0.25) is 0 Å². The van der Waals surface area contributed by atoms with E-state index in [1.54, 1.807) is 6.08 Å². The Kier molecular flexibility index (Phi) is 4.42. The second-order valence-electron chi connectivity index (χ2n) is 6.05. The predicted molar refractivity (Wildman–Crippen MR) is 90.1 cm³/mol. The van der Waals surface area contributed by atoms with E-state index in [0.29, 0.717) is 12.5 Å². The lowest BCUT2D eigenvalue weighted by Gasteiger charge is -2.13. The Morgan fingerprint density at radius 1 is 1.52 bits per heavy atom. The van der Waals surface area contributed by atoms with Crippen molar-refractivity contribution in [2.45, 2.75) is 45.1 Å². The maximum absolute atomic E-state index is 11.3. The Balaban J connectivity index is 1.83. The quantitative estimate of drug-likeness (QED) is 0.654. The van der Waals surface area contributed by atoms with Crippen molar-refractivity contribution in [1.82, 2.24) is 9.97 Å².